The van der Waals surface area contributed by atoms with Gasteiger partial charge in [-0.1, -0.05) is 0 Å². The van der Waals surface area contributed by atoms with Gasteiger partial charge in [-0.15, -0.1) is 0 Å². The maximum atomic E-state index is 13.8. The summed E-state index contributed by atoms with van der Waals surface area (Å²) in [5, 5.41) is -0.970. The van der Waals surface area contributed by atoms with E-state index in [-0.39, 0.29) is 0 Å². The molecule has 1 aromatic heterocycles. The highest BCUT2D eigenvalue weighted by Gasteiger charge is 2.33. The summed E-state index contributed by atoms with van der Waals surface area (Å²) in [7, 11) is 0. The second-order valence-corrected chi connectivity index (χ2v) is 4.96. The lowest BCUT2D eigenvalue weighted by Crippen LogP contribution is -2.36. The Kier molecular flexibility index (Phi) is 4.86. The third kappa shape index (κ3) is 2.99. The highest BCUT2D eigenvalue weighted by molar-refractivity contribution is 5.77. The van der Waals surface area contributed by atoms with Gasteiger partial charge in [0.15, 0.2) is 11.6 Å². The third-order valence-electron chi connectivity index (χ3n) is 3.22. The van der Waals surface area contributed by atoms with Crippen LogP contribution in [0.1, 0.15) is 0 Å². The zero-order valence-corrected chi connectivity index (χ0v) is 11.5. The first-order chi connectivity index (χ1) is 10.9. The molecule has 9 heteroatoms. The number of ether oxygens (including phenoxy) is 1. The van der Waals surface area contributed by atoms with Crippen LogP contribution >= 0.6 is 0 Å². The summed E-state index contributed by atoms with van der Waals surface area (Å²) < 4.78 is 88.0. The number of benzene rings is 1. The second kappa shape index (κ2) is 6.51. The standard InChI is InChI=1S/C14H10F6O3/c15-3-14(4-16,5-17)6-22-13-11(20)12(21)9-8(23-13)2-1-7(18)10(9)19/h1-2H,3-6H2. The summed E-state index contributed by atoms with van der Waals surface area (Å²) in [5.74, 6) is -5.79. The monoisotopic (exact) mass is 340 g/mol. The van der Waals surface area contributed by atoms with Crippen molar-refractivity contribution in [2.75, 3.05) is 26.6 Å². The molecule has 0 saturated heterocycles. The van der Waals surface area contributed by atoms with E-state index in [4.69, 9.17) is 4.42 Å². The predicted molar refractivity (Wildman–Crippen MR) is 68.2 cm³/mol. The van der Waals surface area contributed by atoms with E-state index in [1.54, 1.807) is 0 Å². The highest BCUT2D eigenvalue weighted by Crippen LogP contribution is 2.27. The van der Waals surface area contributed by atoms with Crippen LogP contribution in [0.2, 0.25) is 0 Å². The smallest absolute Gasteiger partial charge is 0.326 e. The first-order valence-corrected chi connectivity index (χ1v) is 6.30. The molecule has 0 saturated carbocycles. The fourth-order valence-corrected chi connectivity index (χ4v) is 1.71. The van der Waals surface area contributed by atoms with Crippen LogP contribution in [-0.4, -0.2) is 26.6 Å². The normalized spacial score (nSPS) is 11.9. The molecule has 3 nitrogen and oxygen atoms in total. The van der Waals surface area contributed by atoms with E-state index >= 15 is 0 Å². The number of halogens is 6. The number of alkyl halides is 3. The Morgan fingerprint density at radius 3 is 2.17 bits per heavy atom. The molecule has 0 atom stereocenters. The van der Waals surface area contributed by atoms with Gasteiger partial charge in [-0.05, 0) is 12.1 Å². The summed E-state index contributed by atoms with van der Waals surface area (Å²) >= 11 is 0. The molecule has 2 rings (SSSR count). The van der Waals surface area contributed by atoms with Crippen molar-refractivity contribution in [1.29, 1.82) is 0 Å². The predicted octanol–water partition coefficient (Wildman–Crippen LogP) is 3.48. The summed E-state index contributed by atoms with van der Waals surface area (Å²) in [6.45, 7) is -5.25. The van der Waals surface area contributed by atoms with E-state index in [1.165, 1.54) is 0 Å². The Bertz CT molecular complexity index is 761. The van der Waals surface area contributed by atoms with Gasteiger partial charge in [-0.2, -0.15) is 4.39 Å². The summed E-state index contributed by atoms with van der Waals surface area (Å²) in [4.78, 5) is 11.7. The fraction of sp³-hybridized carbons (Fsp3) is 0.357. The van der Waals surface area contributed by atoms with Crippen LogP contribution in [0.15, 0.2) is 21.3 Å². The molecule has 0 unspecified atom stereocenters. The van der Waals surface area contributed by atoms with Crippen LogP contribution < -0.4 is 10.2 Å². The maximum Gasteiger partial charge on any atom is 0.326 e. The van der Waals surface area contributed by atoms with Gasteiger partial charge >= 0.3 is 5.95 Å². The first kappa shape index (κ1) is 17.2. The number of fused-ring (bicyclic) bond motifs is 1. The van der Waals surface area contributed by atoms with Crippen molar-refractivity contribution < 1.29 is 35.5 Å². The molecule has 0 amide bonds. The van der Waals surface area contributed by atoms with Crippen molar-refractivity contribution in [3.63, 3.8) is 0 Å². The fourth-order valence-electron chi connectivity index (χ4n) is 1.71. The average Bonchev–Trinajstić information content (AvgIpc) is 2.56. The molecule has 0 bridgehead atoms. The molecule has 0 aliphatic carbocycles. The molecular weight excluding hydrogens is 330 g/mol. The lowest BCUT2D eigenvalue weighted by molar-refractivity contribution is 0.0413. The summed E-state index contributed by atoms with van der Waals surface area (Å²) in [6.07, 6.45) is 0. The Morgan fingerprint density at radius 2 is 1.61 bits per heavy atom. The largest absolute Gasteiger partial charge is 0.462 e. The van der Waals surface area contributed by atoms with Crippen molar-refractivity contribution in [1.82, 2.24) is 0 Å². The molecule has 1 aromatic carbocycles. The number of hydrogen-bond acceptors (Lipinski definition) is 3. The van der Waals surface area contributed by atoms with E-state index in [2.05, 4.69) is 4.74 Å². The lowest BCUT2D eigenvalue weighted by atomic mass is 9.95. The molecule has 0 radical (unpaired) electrons. The van der Waals surface area contributed by atoms with Crippen LogP contribution in [0, 0.1) is 22.9 Å². The Hall–Kier alpha value is -2.19. The first-order valence-electron chi connectivity index (χ1n) is 6.30. The molecular formula is C14H10F6O3. The number of rotatable bonds is 6. The SMILES string of the molecule is O=c1c(F)c(OCC(CF)(CF)CF)oc2ccc(F)c(F)c12. The minimum absolute atomic E-state index is 0.531. The number of hydrogen-bond donors (Lipinski definition) is 0. The van der Waals surface area contributed by atoms with Crippen molar-refractivity contribution in [2.45, 2.75) is 0 Å². The molecule has 23 heavy (non-hydrogen) atoms. The molecule has 0 aliphatic rings. The molecule has 0 N–H and O–H groups in total. The molecule has 0 spiro atoms. The maximum absolute atomic E-state index is 13.8. The van der Waals surface area contributed by atoms with Gasteiger partial charge in [-0.3, -0.25) is 18.0 Å². The van der Waals surface area contributed by atoms with Gasteiger partial charge in [0, 0.05) is 0 Å². The van der Waals surface area contributed by atoms with Crippen molar-refractivity contribution in [2.24, 2.45) is 5.41 Å². The summed E-state index contributed by atoms with van der Waals surface area (Å²) in [6, 6.07) is 1.49. The lowest BCUT2D eigenvalue weighted by Gasteiger charge is -2.23. The van der Waals surface area contributed by atoms with Crippen molar-refractivity contribution in [3.05, 3.63) is 39.8 Å². The molecule has 0 aliphatic heterocycles. The summed E-state index contributed by atoms with van der Waals surface area (Å²) in [5.41, 5.74) is -4.24. The van der Waals surface area contributed by atoms with E-state index in [1.807, 2.05) is 0 Å². The Morgan fingerprint density at radius 1 is 1.00 bits per heavy atom. The van der Waals surface area contributed by atoms with Gasteiger partial charge in [0.25, 0.3) is 5.82 Å². The van der Waals surface area contributed by atoms with Crippen LogP contribution in [0.25, 0.3) is 11.0 Å². The zero-order chi connectivity index (χ0) is 17.2. The van der Waals surface area contributed by atoms with E-state index < -0.39 is 71.8 Å². The van der Waals surface area contributed by atoms with Crippen LogP contribution in [-0.2, 0) is 0 Å². The van der Waals surface area contributed by atoms with Gasteiger partial charge in [0.2, 0.25) is 5.43 Å². The molecule has 2 aromatic rings. The zero-order valence-electron chi connectivity index (χ0n) is 11.5. The molecule has 126 valence electrons. The molecule has 0 fully saturated rings. The van der Waals surface area contributed by atoms with E-state index in [0.29, 0.717) is 6.07 Å². The molecule has 1 heterocycles. The Labute approximate surface area is 125 Å². The van der Waals surface area contributed by atoms with Gasteiger partial charge in [-0.25, -0.2) is 8.78 Å². The highest BCUT2D eigenvalue weighted by atomic mass is 19.2. The van der Waals surface area contributed by atoms with Gasteiger partial charge in [0.1, 0.15) is 37.6 Å². The van der Waals surface area contributed by atoms with Crippen LogP contribution in [0.4, 0.5) is 26.3 Å². The minimum Gasteiger partial charge on any atom is -0.462 e. The van der Waals surface area contributed by atoms with Crippen LogP contribution in [0.5, 0.6) is 5.95 Å². The van der Waals surface area contributed by atoms with E-state index in [0.717, 1.165) is 6.07 Å². The van der Waals surface area contributed by atoms with Crippen LogP contribution in [0.3, 0.4) is 0 Å². The Balaban J connectivity index is 2.46. The van der Waals surface area contributed by atoms with Gasteiger partial charge < -0.3 is 9.15 Å². The third-order valence-corrected chi connectivity index (χ3v) is 3.22. The van der Waals surface area contributed by atoms with Crippen molar-refractivity contribution >= 4 is 11.0 Å². The topological polar surface area (TPSA) is 39.4 Å². The van der Waals surface area contributed by atoms with Crippen molar-refractivity contribution in [3.8, 4) is 5.95 Å². The average molecular weight is 340 g/mol. The van der Waals surface area contributed by atoms with Gasteiger partial charge in [0.05, 0.1) is 5.41 Å². The van der Waals surface area contributed by atoms with E-state index in [9.17, 15) is 31.1 Å². The minimum atomic E-state index is -2.16. The quantitative estimate of drug-likeness (QED) is 0.756. The second-order valence-electron chi connectivity index (χ2n) is 4.96.